The van der Waals surface area contributed by atoms with E-state index < -0.39 is 0 Å². The van der Waals surface area contributed by atoms with Crippen LogP contribution in [0.15, 0.2) is 0 Å². The van der Waals surface area contributed by atoms with Crippen LogP contribution in [-0.4, -0.2) is 29.7 Å². The topological polar surface area (TPSA) is 0 Å². The van der Waals surface area contributed by atoms with Gasteiger partial charge in [-0.25, -0.2) is 0 Å². The molecule has 0 radical (unpaired) electrons. The van der Waals surface area contributed by atoms with E-state index in [1.807, 2.05) is 0 Å². The van der Waals surface area contributed by atoms with Gasteiger partial charge in [0, 0.05) is 0 Å². The van der Waals surface area contributed by atoms with E-state index in [9.17, 15) is 0 Å². The highest BCUT2D eigenvalue weighted by Gasteiger charge is 2.46. The molecule has 3 saturated carbocycles. The Morgan fingerprint density at radius 1 is 0.450 bits per heavy atom. The van der Waals surface area contributed by atoms with Gasteiger partial charge in [-0.15, -0.1) is 0 Å². The first-order valence-corrected chi connectivity index (χ1v) is 9.67. The van der Waals surface area contributed by atoms with E-state index in [0.29, 0.717) is 0 Å². The van der Waals surface area contributed by atoms with Crippen LogP contribution < -0.4 is 0 Å². The maximum Gasteiger partial charge on any atom is 0.0892 e. The Kier molecular flexibility index (Phi) is 5.07. The van der Waals surface area contributed by atoms with E-state index in [-0.39, 0.29) is 0 Å². The fourth-order valence-electron chi connectivity index (χ4n) is 5.81. The minimum absolute atomic E-state index is 1.01. The van der Waals surface area contributed by atoms with Crippen LogP contribution in [0.1, 0.15) is 96.3 Å². The van der Waals surface area contributed by atoms with Crippen LogP contribution in [0.3, 0.4) is 0 Å². The lowest BCUT2D eigenvalue weighted by atomic mass is 9.81. The fraction of sp³-hybridized carbons (Fsp3) is 1.00. The summed E-state index contributed by atoms with van der Waals surface area (Å²) in [7, 11) is 2.70. The van der Waals surface area contributed by atoms with Crippen molar-refractivity contribution in [3.63, 3.8) is 0 Å². The lowest BCUT2D eigenvalue weighted by molar-refractivity contribution is -0.981. The van der Waals surface area contributed by atoms with Crippen molar-refractivity contribution < 1.29 is 4.48 Å². The number of quaternary nitrogens is 1. The summed E-state index contributed by atoms with van der Waals surface area (Å²) in [6.45, 7) is 0. The van der Waals surface area contributed by atoms with Crippen LogP contribution in [0.5, 0.6) is 0 Å². The highest BCUT2D eigenvalue weighted by molar-refractivity contribution is 4.79. The van der Waals surface area contributed by atoms with Crippen molar-refractivity contribution in [2.24, 2.45) is 0 Å². The molecule has 0 unspecified atom stereocenters. The normalized spacial score (nSPS) is 28.6. The van der Waals surface area contributed by atoms with Gasteiger partial charge in [-0.1, -0.05) is 19.3 Å². The molecule has 3 rings (SSSR count). The molecule has 0 aromatic heterocycles. The van der Waals surface area contributed by atoms with Crippen LogP contribution in [0, 0.1) is 0 Å². The lowest BCUT2D eigenvalue weighted by Gasteiger charge is -2.55. The molecule has 116 valence electrons. The summed E-state index contributed by atoms with van der Waals surface area (Å²) in [5, 5.41) is 0. The summed E-state index contributed by atoms with van der Waals surface area (Å²) >= 11 is 0. The van der Waals surface area contributed by atoms with Crippen LogP contribution in [0.2, 0.25) is 0 Å². The Morgan fingerprint density at radius 2 is 0.700 bits per heavy atom. The first-order chi connectivity index (χ1) is 9.82. The molecule has 0 aliphatic heterocycles. The van der Waals surface area contributed by atoms with Gasteiger partial charge in [0.05, 0.1) is 25.2 Å². The summed E-state index contributed by atoms with van der Waals surface area (Å²) < 4.78 is 1.50. The highest BCUT2D eigenvalue weighted by atomic mass is 15.4. The second-order valence-electron chi connectivity index (χ2n) is 8.10. The Hall–Kier alpha value is -0.0400. The Bertz CT molecular complexity index is 235. The van der Waals surface area contributed by atoms with Crippen molar-refractivity contribution in [2.75, 3.05) is 7.05 Å². The van der Waals surface area contributed by atoms with Crippen LogP contribution in [-0.2, 0) is 0 Å². The molecule has 0 aromatic rings. The molecule has 0 amide bonds. The van der Waals surface area contributed by atoms with Gasteiger partial charge in [0.25, 0.3) is 0 Å². The van der Waals surface area contributed by atoms with Crippen LogP contribution in [0.25, 0.3) is 0 Å². The molecule has 1 heteroatoms. The summed E-state index contributed by atoms with van der Waals surface area (Å²) in [6, 6.07) is 3.03. The molecule has 0 atom stereocenters. The largest absolute Gasteiger partial charge is 0.319 e. The average molecular weight is 279 g/mol. The third-order valence-corrected chi connectivity index (χ3v) is 7.08. The smallest absolute Gasteiger partial charge is 0.0892 e. The van der Waals surface area contributed by atoms with Crippen molar-refractivity contribution in [1.29, 1.82) is 0 Å². The first-order valence-electron chi connectivity index (χ1n) is 9.67. The Labute approximate surface area is 126 Å². The van der Waals surface area contributed by atoms with Gasteiger partial charge >= 0.3 is 0 Å². The zero-order valence-electron chi connectivity index (χ0n) is 13.8. The Balaban J connectivity index is 1.79. The third kappa shape index (κ3) is 2.93. The van der Waals surface area contributed by atoms with Crippen LogP contribution in [0.4, 0.5) is 0 Å². The van der Waals surface area contributed by atoms with Gasteiger partial charge in [0.15, 0.2) is 0 Å². The molecule has 1 nitrogen and oxygen atoms in total. The van der Waals surface area contributed by atoms with Gasteiger partial charge in [-0.05, 0) is 77.0 Å². The quantitative estimate of drug-likeness (QED) is 0.604. The van der Waals surface area contributed by atoms with Crippen molar-refractivity contribution in [3.8, 4) is 0 Å². The Morgan fingerprint density at radius 3 is 0.950 bits per heavy atom. The lowest BCUT2D eigenvalue weighted by Crippen LogP contribution is -2.65. The highest BCUT2D eigenvalue weighted by Crippen LogP contribution is 2.41. The van der Waals surface area contributed by atoms with Gasteiger partial charge in [-0.3, -0.25) is 0 Å². The van der Waals surface area contributed by atoms with Crippen molar-refractivity contribution in [1.82, 2.24) is 0 Å². The predicted molar refractivity (Wildman–Crippen MR) is 86.8 cm³/mol. The summed E-state index contributed by atoms with van der Waals surface area (Å²) in [4.78, 5) is 0. The maximum absolute atomic E-state index is 2.70. The molecule has 0 spiro atoms. The molecule has 20 heavy (non-hydrogen) atoms. The fourth-order valence-corrected chi connectivity index (χ4v) is 5.81. The molecular formula is C19H36N+. The van der Waals surface area contributed by atoms with Gasteiger partial charge in [0.1, 0.15) is 0 Å². The van der Waals surface area contributed by atoms with E-state index >= 15 is 0 Å². The summed E-state index contributed by atoms with van der Waals surface area (Å²) in [5.74, 6) is 0. The number of hydrogen-bond donors (Lipinski definition) is 0. The zero-order chi connectivity index (χ0) is 13.8. The average Bonchev–Trinajstić information content (AvgIpc) is 2.56. The molecule has 0 heterocycles. The molecule has 0 bridgehead atoms. The standard InChI is InChI=1S/C19H36N/c1-20(17-11-5-2-6-12-17,18-13-7-3-8-14-18)19-15-9-4-10-16-19/h17-19H,2-16H2,1H3/q+1. The van der Waals surface area contributed by atoms with Crippen LogP contribution >= 0.6 is 0 Å². The molecule has 0 aromatic carbocycles. The number of rotatable bonds is 3. The molecule has 3 fully saturated rings. The molecular weight excluding hydrogens is 242 g/mol. The first kappa shape index (κ1) is 14.9. The van der Waals surface area contributed by atoms with Crippen molar-refractivity contribution >= 4 is 0 Å². The maximum atomic E-state index is 2.70. The second-order valence-corrected chi connectivity index (χ2v) is 8.10. The van der Waals surface area contributed by atoms with E-state index in [1.54, 1.807) is 0 Å². The predicted octanol–water partition coefficient (Wildman–Crippen LogP) is 5.43. The molecule has 0 N–H and O–H groups in total. The minimum atomic E-state index is 1.01. The van der Waals surface area contributed by atoms with Gasteiger partial charge in [0.2, 0.25) is 0 Å². The third-order valence-electron chi connectivity index (χ3n) is 7.08. The van der Waals surface area contributed by atoms with E-state index in [0.717, 1.165) is 18.1 Å². The van der Waals surface area contributed by atoms with E-state index in [2.05, 4.69) is 7.05 Å². The van der Waals surface area contributed by atoms with Crippen molar-refractivity contribution in [3.05, 3.63) is 0 Å². The number of nitrogens with zero attached hydrogens (tertiary/aromatic N) is 1. The van der Waals surface area contributed by atoms with Gasteiger partial charge in [-0.2, -0.15) is 0 Å². The summed E-state index contributed by atoms with van der Waals surface area (Å²) in [5.41, 5.74) is 0. The van der Waals surface area contributed by atoms with Crippen molar-refractivity contribution in [2.45, 2.75) is 114 Å². The number of hydrogen-bond acceptors (Lipinski definition) is 0. The minimum Gasteiger partial charge on any atom is -0.319 e. The SMILES string of the molecule is C[N+](C1CCCCC1)(C1CCCCC1)C1CCCCC1. The second kappa shape index (κ2) is 6.81. The summed E-state index contributed by atoms with van der Waals surface area (Å²) in [6.07, 6.45) is 22.8. The monoisotopic (exact) mass is 278 g/mol. The van der Waals surface area contributed by atoms with Gasteiger partial charge < -0.3 is 4.48 Å². The van der Waals surface area contributed by atoms with E-state index in [1.165, 1.54) is 101 Å². The molecule has 3 aliphatic rings. The molecule has 0 saturated heterocycles. The molecule has 3 aliphatic carbocycles. The zero-order valence-corrected chi connectivity index (χ0v) is 13.8. The van der Waals surface area contributed by atoms with E-state index in [4.69, 9.17) is 0 Å².